The SMILES string of the molecule is Cc1nc2ccccc2c(=O)n1CC(=O)NC(=O)NC12CC3CC(CC(C3)C1)C2. The molecule has 29 heavy (non-hydrogen) atoms. The first-order valence-electron chi connectivity index (χ1n) is 10.5. The summed E-state index contributed by atoms with van der Waals surface area (Å²) in [6, 6.07) is 6.60. The molecule has 0 aliphatic heterocycles. The normalized spacial score (nSPS) is 29.8. The maximum atomic E-state index is 12.7. The highest BCUT2D eigenvalue weighted by atomic mass is 16.2. The van der Waals surface area contributed by atoms with E-state index >= 15 is 0 Å². The summed E-state index contributed by atoms with van der Waals surface area (Å²) in [4.78, 5) is 42.2. The van der Waals surface area contributed by atoms with E-state index in [1.165, 1.54) is 23.8 Å². The lowest BCUT2D eigenvalue weighted by atomic mass is 9.53. The molecule has 4 saturated carbocycles. The predicted molar refractivity (Wildman–Crippen MR) is 108 cm³/mol. The van der Waals surface area contributed by atoms with Gasteiger partial charge < -0.3 is 5.32 Å². The Morgan fingerprint density at radius 1 is 1.10 bits per heavy atom. The van der Waals surface area contributed by atoms with Crippen LogP contribution in [-0.4, -0.2) is 27.0 Å². The van der Waals surface area contributed by atoms with Gasteiger partial charge in [-0.1, -0.05) is 12.1 Å². The van der Waals surface area contributed by atoms with Gasteiger partial charge in [-0.2, -0.15) is 0 Å². The number of hydrogen-bond donors (Lipinski definition) is 2. The second kappa shape index (κ2) is 6.68. The van der Waals surface area contributed by atoms with E-state index in [1.54, 1.807) is 25.1 Å². The molecule has 4 bridgehead atoms. The second-order valence-corrected chi connectivity index (χ2v) is 9.27. The molecule has 152 valence electrons. The monoisotopic (exact) mass is 394 g/mol. The van der Waals surface area contributed by atoms with Crippen molar-refractivity contribution in [3.05, 3.63) is 40.4 Å². The molecule has 7 heteroatoms. The molecule has 6 rings (SSSR count). The standard InChI is InChI=1S/C22H26N4O3/c1-13-23-18-5-3-2-4-17(18)20(28)26(13)12-19(27)24-21(29)25-22-9-14-6-15(10-22)8-16(7-14)11-22/h2-5,14-16H,6-12H2,1H3,(H2,24,25,27,29). The Bertz CT molecular complexity index is 1020. The summed E-state index contributed by atoms with van der Waals surface area (Å²) in [5, 5.41) is 6.02. The molecule has 2 N–H and O–H groups in total. The quantitative estimate of drug-likeness (QED) is 0.836. The van der Waals surface area contributed by atoms with Gasteiger partial charge in [-0.25, -0.2) is 9.78 Å². The molecule has 0 spiro atoms. The number of para-hydroxylation sites is 1. The summed E-state index contributed by atoms with van der Waals surface area (Å²) in [7, 11) is 0. The van der Waals surface area contributed by atoms with E-state index < -0.39 is 11.9 Å². The van der Waals surface area contributed by atoms with Crippen molar-refractivity contribution in [3.8, 4) is 0 Å². The lowest BCUT2D eigenvalue weighted by molar-refractivity contribution is -0.120. The Morgan fingerprint density at radius 2 is 1.72 bits per heavy atom. The summed E-state index contributed by atoms with van der Waals surface area (Å²) in [6.07, 6.45) is 6.94. The number of rotatable bonds is 3. The van der Waals surface area contributed by atoms with E-state index in [4.69, 9.17) is 0 Å². The zero-order chi connectivity index (χ0) is 20.2. The maximum Gasteiger partial charge on any atom is 0.321 e. The number of fused-ring (bicyclic) bond motifs is 1. The van der Waals surface area contributed by atoms with E-state index in [1.807, 2.05) is 6.07 Å². The number of aromatic nitrogens is 2. The van der Waals surface area contributed by atoms with Gasteiger partial charge in [-0.15, -0.1) is 0 Å². The van der Waals surface area contributed by atoms with Crippen LogP contribution in [-0.2, 0) is 11.3 Å². The fourth-order valence-corrected chi connectivity index (χ4v) is 6.31. The van der Waals surface area contributed by atoms with Crippen LogP contribution in [0.1, 0.15) is 44.3 Å². The molecule has 4 aliphatic carbocycles. The van der Waals surface area contributed by atoms with E-state index in [-0.39, 0.29) is 17.6 Å². The molecule has 0 radical (unpaired) electrons. The number of nitrogens with zero attached hydrogens (tertiary/aromatic N) is 2. The summed E-state index contributed by atoms with van der Waals surface area (Å²) in [5.41, 5.74) is 0.173. The van der Waals surface area contributed by atoms with Crippen LogP contribution in [0.3, 0.4) is 0 Å². The average Bonchev–Trinajstić information content (AvgIpc) is 2.63. The van der Waals surface area contributed by atoms with Crippen molar-refractivity contribution in [2.24, 2.45) is 17.8 Å². The Balaban J connectivity index is 1.27. The van der Waals surface area contributed by atoms with Crippen molar-refractivity contribution in [1.82, 2.24) is 20.2 Å². The Hall–Kier alpha value is -2.70. The van der Waals surface area contributed by atoms with Gasteiger partial charge in [-0.3, -0.25) is 19.5 Å². The number of hydrogen-bond acceptors (Lipinski definition) is 4. The van der Waals surface area contributed by atoms with Gasteiger partial charge in [0.25, 0.3) is 5.56 Å². The van der Waals surface area contributed by atoms with E-state index in [0.717, 1.165) is 19.3 Å². The molecule has 4 aliphatic rings. The van der Waals surface area contributed by atoms with Gasteiger partial charge in [0.2, 0.25) is 5.91 Å². The Labute approximate surface area is 168 Å². The molecular weight excluding hydrogens is 368 g/mol. The van der Waals surface area contributed by atoms with Gasteiger partial charge >= 0.3 is 6.03 Å². The van der Waals surface area contributed by atoms with Crippen LogP contribution in [0.5, 0.6) is 0 Å². The molecule has 2 aromatic rings. The molecule has 3 amide bonds. The van der Waals surface area contributed by atoms with E-state index in [0.29, 0.717) is 34.5 Å². The number of benzene rings is 1. The minimum atomic E-state index is -0.505. The largest absolute Gasteiger partial charge is 0.332 e. The van der Waals surface area contributed by atoms with Crippen LogP contribution in [0.4, 0.5) is 4.79 Å². The summed E-state index contributed by atoms with van der Waals surface area (Å²) >= 11 is 0. The summed E-state index contributed by atoms with van der Waals surface area (Å²) in [6.45, 7) is 1.47. The van der Waals surface area contributed by atoms with Crippen molar-refractivity contribution in [2.45, 2.75) is 57.5 Å². The third-order valence-electron chi connectivity index (χ3n) is 7.02. The minimum absolute atomic E-state index is 0.156. The smallest absolute Gasteiger partial charge is 0.321 e. The number of amides is 3. The van der Waals surface area contributed by atoms with E-state index in [9.17, 15) is 14.4 Å². The first-order chi connectivity index (χ1) is 13.9. The zero-order valence-electron chi connectivity index (χ0n) is 16.6. The van der Waals surface area contributed by atoms with Crippen LogP contribution >= 0.6 is 0 Å². The van der Waals surface area contributed by atoms with Crippen LogP contribution in [0, 0.1) is 24.7 Å². The van der Waals surface area contributed by atoms with Crippen molar-refractivity contribution < 1.29 is 9.59 Å². The average molecular weight is 394 g/mol. The summed E-state index contributed by atoms with van der Waals surface area (Å²) in [5.74, 6) is 2.08. The number of aryl methyl sites for hydroxylation is 1. The number of urea groups is 1. The molecule has 4 fully saturated rings. The number of carbonyl (C=O) groups excluding carboxylic acids is 2. The molecule has 1 heterocycles. The van der Waals surface area contributed by atoms with Crippen LogP contribution < -0.4 is 16.2 Å². The fraction of sp³-hybridized carbons (Fsp3) is 0.545. The molecule has 1 aromatic heterocycles. The Morgan fingerprint density at radius 3 is 2.38 bits per heavy atom. The molecule has 1 aromatic carbocycles. The molecule has 7 nitrogen and oxygen atoms in total. The molecule has 0 atom stereocenters. The van der Waals surface area contributed by atoms with Crippen molar-refractivity contribution in [2.75, 3.05) is 0 Å². The van der Waals surface area contributed by atoms with Gasteiger partial charge in [0, 0.05) is 5.54 Å². The van der Waals surface area contributed by atoms with Gasteiger partial charge in [0.15, 0.2) is 0 Å². The third-order valence-corrected chi connectivity index (χ3v) is 7.02. The molecule has 0 saturated heterocycles. The van der Waals surface area contributed by atoms with Crippen molar-refractivity contribution in [3.63, 3.8) is 0 Å². The van der Waals surface area contributed by atoms with Gasteiger partial charge in [0.1, 0.15) is 12.4 Å². The summed E-state index contributed by atoms with van der Waals surface area (Å²) < 4.78 is 1.32. The first-order valence-corrected chi connectivity index (χ1v) is 10.5. The lowest BCUT2D eigenvalue weighted by Crippen LogP contribution is -2.62. The number of carbonyl (C=O) groups is 2. The van der Waals surface area contributed by atoms with Crippen molar-refractivity contribution >= 4 is 22.8 Å². The minimum Gasteiger partial charge on any atom is -0.332 e. The van der Waals surface area contributed by atoms with Crippen molar-refractivity contribution in [1.29, 1.82) is 0 Å². The maximum absolute atomic E-state index is 12.7. The highest BCUT2D eigenvalue weighted by Gasteiger charge is 2.51. The molecule has 0 unspecified atom stereocenters. The Kier molecular flexibility index (Phi) is 4.22. The molecular formula is C22H26N4O3. The van der Waals surface area contributed by atoms with E-state index in [2.05, 4.69) is 15.6 Å². The zero-order valence-corrected chi connectivity index (χ0v) is 16.6. The van der Waals surface area contributed by atoms with Crippen LogP contribution in [0.15, 0.2) is 29.1 Å². The van der Waals surface area contributed by atoms with Gasteiger partial charge in [0.05, 0.1) is 10.9 Å². The third kappa shape index (κ3) is 3.32. The fourth-order valence-electron chi connectivity index (χ4n) is 6.31. The lowest BCUT2D eigenvalue weighted by Gasteiger charge is -2.56. The first kappa shape index (κ1) is 18.3. The highest BCUT2D eigenvalue weighted by molar-refractivity contribution is 5.94. The second-order valence-electron chi connectivity index (χ2n) is 9.27. The van der Waals surface area contributed by atoms with Crippen LogP contribution in [0.2, 0.25) is 0 Å². The topological polar surface area (TPSA) is 93.1 Å². The number of imide groups is 1. The number of nitrogens with one attached hydrogen (secondary N) is 2. The van der Waals surface area contributed by atoms with Gasteiger partial charge in [-0.05, 0) is 75.3 Å². The highest BCUT2D eigenvalue weighted by Crippen LogP contribution is 2.55. The predicted octanol–water partition coefficient (Wildman–Crippen LogP) is 2.50. The van der Waals surface area contributed by atoms with Crippen LogP contribution in [0.25, 0.3) is 10.9 Å².